The van der Waals surface area contributed by atoms with Crippen molar-refractivity contribution in [3.05, 3.63) is 59.2 Å². The number of halogens is 3. The third kappa shape index (κ3) is 4.58. The molecule has 27 heavy (non-hydrogen) atoms. The van der Waals surface area contributed by atoms with Crippen molar-refractivity contribution in [2.75, 3.05) is 17.2 Å². The molecule has 142 valence electrons. The normalized spacial score (nSPS) is 13.7. The molecule has 5 nitrogen and oxygen atoms in total. The summed E-state index contributed by atoms with van der Waals surface area (Å²) in [5, 5.41) is 5.00. The molecule has 1 aliphatic heterocycles. The quantitative estimate of drug-likeness (QED) is 0.822. The second kappa shape index (κ2) is 7.30. The monoisotopic (exact) mass is 377 g/mol. The van der Waals surface area contributed by atoms with Gasteiger partial charge in [-0.1, -0.05) is 12.1 Å². The lowest BCUT2D eigenvalue weighted by Crippen LogP contribution is -2.34. The highest BCUT2D eigenvalue weighted by molar-refractivity contribution is 5.99. The lowest BCUT2D eigenvalue weighted by molar-refractivity contribution is -0.137. The molecule has 3 amide bonds. The highest BCUT2D eigenvalue weighted by Gasteiger charge is 2.30. The van der Waals surface area contributed by atoms with Gasteiger partial charge in [0.25, 0.3) is 0 Å². The van der Waals surface area contributed by atoms with E-state index in [-0.39, 0.29) is 11.6 Å². The van der Waals surface area contributed by atoms with Crippen LogP contribution in [0.5, 0.6) is 0 Å². The van der Waals surface area contributed by atoms with Crippen molar-refractivity contribution in [2.45, 2.75) is 26.1 Å². The molecule has 0 aliphatic carbocycles. The van der Waals surface area contributed by atoms with Gasteiger partial charge in [-0.2, -0.15) is 13.2 Å². The number of carbonyl (C=O) groups is 2. The Kier molecular flexibility index (Phi) is 5.07. The van der Waals surface area contributed by atoms with Crippen molar-refractivity contribution in [2.24, 2.45) is 0 Å². The minimum atomic E-state index is -4.48. The Labute approximate surface area is 154 Å². The van der Waals surface area contributed by atoms with E-state index in [9.17, 15) is 22.8 Å². The van der Waals surface area contributed by atoms with Crippen LogP contribution in [0, 0.1) is 0 Å². The number of carbonyl (C=O) groups excluding carboxylic acids is 2. The van der Waals surface area contributed by atoms with Crippen LogP contribution in [0.25, 0.3) is 0 Å². The number of rotatable bonds is 2. The van der Waals surface area contributed by atoms with E-state index in [2.05, 4.69) is 10.6 Å². The van der Waals surface area contributed by atoms with Crippen LogP contribution < -0.4 is 10.6 Å². The number of benzene rings is 2. The van der Waals surface area contributed by atoms with Gasteiger partial charge in [-0.25, -0.2) is 4.79 Å². The number of hydrogen-bond acceptors (Lipinski definition) is 2. The summed E-state index contributed by atoms with van der Waals surface area (Å²) < 4.78 is 38.2. The van der Waals surface area contributed by atoms with Gasteiger partial charge in [-0.15, -0.1) is 0 Å². The minimum absolute atomic E-state index is 0.0127. The standard InChI is InChI=1S/C19H18F3N3O2/c1-12(26)25-8-7-13-5-6-17(9-14(13)11-25)24-18(27)23-16-4-2-3-15(10-16)19(20,21)22/h2-6,9-10H,7-8,11H2,1H3,(H2,23,24,27). The van der Waals surface area contributed by atoms with Crippen molar-refractivity contribution >= 4 is 23.3 Å². The van der Waals surface area contributed by atoms with E-state index in [0.717, 1.165) is 29.7 Å². The summed E-state index contributed by atoms with van der Waals surface area (Å²) in [6, 6.07) is 9.16. The Morgan fingerprint density at radius 3 is 2.37 bits per heavy atom. The first-order valence-corrected chi connectivity index (χ1v) is 8.35. The maximum absolute atomic E-state index is 12.7. The van der Waals surface area contributed by atoms with Gasteiger partial charge < -0.3 is 15.5 Å². The molecule has 1 aliphatic rings. The number of nitrogens with zero attached hydrogens (tertiary/aromatic N) is 1. The third-order valence-electron chi connectivity index (χ3n) is 4.37. The van der Waals surface area contributed by atoms with Crippen LogP contribution in [0.15, 0.2) is 42.5 Å². The zero-order chi connectivity index (χ0) is 19.6. The highest BCUT2D eigenvalue weighted by atomic mass is 19.4. The van der Waals surface area contributed by atoms with Gasteiger partial charge in [-0.3, -0.25) is 4.79 Å². The number of fused-ring (bicyclic) bond motifs is 1. The molecule has 0 fully saturated rings. The molecule has 0 radical (unpaired) electrons. The summed E-state index contributed by atoms with van der Waals surface area (Å²) in [4.78, 5) is 25.4. The van der Waals surface area contributed by atoms with E-state index in [1.54, 1.807) is 17.0 Å². The van der Waals surface area contributed by atoms with Crippen molar-refractivity contribution in [3.63, 3.8) is 0 Å². The van der Waals surface area contributed by atoms with Gasteiger partial charge >= 0.3 is 12.2 Å². The Balaban J connectivity index is 1.68. The number of nitrogens with one attached hydrogen (secondary N) is 2. The SMILES string of the molecule is CC(=O)N1CCc2ccc(NC(=O)Nc3cccc(C(F)(F)F)c3)cc2C1. The van der Waals surface area contributed by atoms with Gasteiger partial charge in [0, 0.05) is 31.4 Å². The van der Waals surface area contributed by atoms with Crippen LogP contribution in [0.4, 0.5) is 29.3 Å². The molecule has 2 N–H and O–H groups in total. The summed E-state index contributed by atoms with van der Waals surface area (Å²) in [7, 11) is 0. The van der Waals surface area contributed by atoms with E-state index in [4.69, 9.17) is 0 Å². The second-order valence-corrected chi connectivity index (χ2v) is 6.33. The van der Waals surface area contributed by atoms with Gasteiger partial charge in [-0.05, 0) is 47.9 Å². The third-order valence-corrected chi connectivity index (χ3v) is 4.37. The molecule has 3 rings (SSSR count). The Bertz CT molecular complexity index is 881. The minimum Gasteiger partial charge on any atom is -0.338 e. The van der Waals surface area contributed by atoms with E-state index in [1.165, 1.54) is 19.1 Å². The number of amides is 3. The van der Waals surface area contributed by atoms with Crippen LogP contribution in [0.2, 0.25) is 0 Å². The molecule has 0 atom stereocenters. The molecule has 1 heterocycles. The maximum atomic E-state index is 12.7. The molecule has 0 spiro atoms. The van der Waals surface area contributed by atoms with E-state index in [0.29, 0.717) is 18.8 Å². The molecular formula is C19H18F3N3O2. The fourth-order valence-electron chi connectivity index (χ4n) is 2.97. The van der Waals surface area contributed by atoms with Crippen molar-refractivity contribution in [1.29, 1.82) is 0 Å². The predicted octanol–water partition coefficient (Wildman–Crippen LogP) is 4.25. The lowest BCUT2D eigenvalue weighted by Gasteiger charge is -2.28. The smallest absolute Gasteiger partial charge is 0.338 e. The van der Waals surface area contributed by atoms with Gasteiger partial charge in [0.1, 0.15) is 0 Å². The van der Waals surface area contributed by atoms with Crippen LogP contribution in [0.3, 0.4) is 0 Å². The number of alkyl halides is 3. The fraction of sp³-hybridized carbons (Fsp3) is 0.263. The first-order valence-electron chi connectivity index (χ1n) is 8.35. The molecule has 2 aromatic carbocycles. The van der Waals surface area contributed by atoms with Crippen molar-refractivity contribution < 1.29 is 22.8 Å². The fourth-order valence-corrected chi connectivity index (χ4v) is 2.97. The molecule has 0 aromatic heterocycles. The Hall–Kier alpha value is -3.03. The van der Waals surface area contributed by atoms with E-state index in [1.807, 2.05) is 6.07 Å². The average molecular weight is 377 g/mol. The summed E-state index contributed by atoms with van der Waals surface area (Å²) in [6.45, 7) is 2.64. The summed E-state index contributed by atoms with van der Waals surface area (Å²) in [5.74, 6) is -0.0127. The molecule has 0 unspecified atom stereocenters. The molecule has 2 aromatic rings. The Morgan fingerprint density at radius 1 is 1.00 bits per heavy atom. The first kappa shape index (κ1) is 18.8. The van der Waals surface area contributed by atoms with Crippen molar-refractivity contribution in [3.8, 4) is 0 Å². The van der Waals surface area contributed by atoms with Gasteiger partial charge in [0.05, 0.1) is 5.56 Å². The molecule has 8 heteroatoms. The molecule has 0 saturated heterocycles. The zero-order valence-electron chi connectivity index (χ0n) is 14.6. The molecule has 0 bridgehead atoms. The number of hydrogen-bond donors (Lipinski definition) is 2. The van der Waals surface area contributed by atoms with Crippen LogP contribution in [-0.4, -0.2) is 23.4 Å². The summed E-state index contributed by atoms with van der Waals surface area (Å²) >= 11 is 0. The van der Waals surface area contributed by atoms with Gasteiger partial charge in [0.2, 0.25) is 5.91 Å². The van der Waals surface area contributed by atoms with Crippen LogP contribution in [0.1, 0.15) is 23.6 Å². The van der Waals surface area contributed by atoms with E-state index < -0.39 is 17.8 Å². The van der Waals surface area contributed by atoms with Crippen LogP contribution in [-0.2, 0) is 23.9 Å². The maximum Gasteiger partial charge on any atom is 0.416 e. The molecule has 0 saturated carbocycles. The average Bonchev–Trinajstić information content (AvgIpc) is 2.60. The predicted molar refractivity (Wildman–Crippen MR) is 95.3 cm³/mol. The largest absolute Gasteiger partial charge is 0.416 e. The zero-order valence-corrected chi connectivity index (χ0v) is 14.6. The Morgan fingerprint density at radius 2 is 1.70 bits per heavy atom. The first-order chi connectivity index (χ1) is 12.7. The lowest BCUT2D eigenvalue weighted by atomic mass is 9.99. The number of anilines is 2. The van der Waals surface area contributed by atoms with Crippen LogP contribution >= 0.6 is 0 Å². The summed E-state index contributed by atoms with van der Waals surface area (Å²) in [5.41, 5.74) is 1.76. The van der Waals surface area contributed by atoms with Gasteiger partial charge in [0.15, 0.2) is 0 Å². The highest BCUT2D eigenvalue weighted by Crippen LogP contribution is 2.30. The number of urea groups is 1. The van der Waals surface area contributed by atoms with E-state index >= 15 is 0 Å². The second-order valence-electron chi connectivity index (χ2n) is 6.33. The molecular weight excluding hydrogens is 359 g/mol. The van der Waals surface area contributed by atoms with Crippen molar-refractivity contribution in [1.82, 2.24) is 4.90 Å². The summed E-state index contributed by atoms with van der Waals surface area (Å²) in [6.07, 6.45) is -3.74. The topological polar surface area (TPSA) is 61.4 Å².